The van der Waals surface area contributed by atoms with Gasteiger partial charge in [0, 0.05) is 14.1 Å². The van der Waals surface area contributed by atoms with Gasteiger partial charge in [0.05, 0.1) is 5.70 Å². The van der Waals surface area contributed by atoms with Crippen LogP contribution in [0.5, 0.6) is 11.5 Å². The maximum Gasteiger partial charge on any atom is 0.412 e. The number of carbonyl (C=O) groups is 1. The second-order valence-corrected chi connectivity index (χ2v) is 11.0. The minimum Gasteiger partial charge on any atom is -0.454 e. The number of hydrogen-bond donors (Lipinski definition) is 2. The van der Waals surface area contributed by atoms with E-state index in [1.54, 1.807) is 0 Å². The van der Waals surface area contributed by atoms with E-state index in [0.717, 1.165) is 21.8 Å². The lowest BCUT2D eigenvalue weighted by Crippen LogP contribution is -2.41. The maximum absolute atomic E-state index is 13.8. The van der Waals surface area contributed by atoms with Gasteiger partial charge in [0.25, 0.3) is 10.9 Å². The van der Waals surface area contributed by atoms with Crippen LogP contribution >= 0.6 is 11.8 Å². The van der Waals surface area contributed by atoms with Gasteiger partial charge in [-0.05, 0) is 23.1 Å². The first kappa shape index (κ1) is 24.1. The number of halogens is 3. The van der Waals surface area contributed by atoms with Crippen LogP contribution in [0.2, 0.25) is 0 Å². The van der Waals surface area contributed by atoms with E-state index in [9.17, 15) is 36.0 Å². The summed E-state index contributed by atoms with van der Waals surface area (Å²) in [7, 11) is -1.53. The molecule has 182 valence electrons. The number of nitrogens with one attached hydrogen (secondary N) is 2. The SMILES string of the molecule is CN(C)S(=O)(=O)C1SC=C(Nc2c(N[C@@H](c3ccc4c(c3)OCO4)C(F)(F)F)c(=O)c2=O)C1=O. The third-order valence-corrected chi connectivity index (χ3v) is 8.75. The van der Waals surface area contributed by atoms with Gasteiger partial charge in [-0.15, -0.1) is 11.8 Å². The molecule has 2 N–H and O–H groups in total. The van der Waals surface area contributed by atoms with Gasteiger partial charge in [-0.2, -0.15) is 13.2 Å². The monoisotopic (exact) mass is 519 g/mol. The molecule has 2 aliphatic heterocycles. The average Bonchev–Trinajstić information content (AvgIpc) is 3.37. The van der Waals surface area contributed by atoms with Crippen LogP contribution in [0.4, 0.5) is 24.5 Å². The number of carbonyl (C=O) groups excluding carboxylic acids is 1. The van der Waals surface area contributed by atoms with Crippen molar-refractivity contribution in [2.24, 2.45) is 0 Å². The Morgan fingerprint density at radius 2 is 1.74 bits per heavy atom. The van der Waals surface area contributed by atoms with Crippen LogP contribution in [-0.2, 0) is 14.8 Å². The Bertz CT molecular complexity index is 1380. The number of ketones is 1. The normalized spacial score (nSPS) is 18.9. The number of allylic oxidation sites excluding steroid dienone is 1. The number of hydrogen-bond acceptors (Lipinski definition) is 10. The van der Waals surface area contributed by atoms with Crippen molar-refractivity contribution in [1.29, 1.82) is 0 Å². The number of fused-ring (bicyclic) bond motifs is 1. The molecule has 2 aliphatic rings. The minimum absolute atomic E-state index is 0.0868. The molecule has 2 heterocycles. The Balaban J connectivity index is 1.60. The van der Waals surface area contributed by atoms with Crippen molar-refractivity contribution in [1.82, 2.24) is 4.31 Å². The van der Waals surface area contributed by atoms with Gasteiger partial charge in [0.15, 0.2) is 16.1 Å². The largest absolute Gasteiger partial charge is 0.454 e. The lowest BCUT2D eigenvalue weighted by Gasteiger charge is -2.25. The van der Waals surface area contributed by atoms with Crippen LogP contribution in [0.15, 0.2) is 38.9 Å². The van der Waals surface area contributed by atoms with E-state index in [4.69, 9.17) is 9.47 Å². The highest BCUT2D eigenvalue weighted by atomic mass is 32.3. The molecule has 34 heavy (non-hydrogen) atoms. The van der Waals surface area contributed by atoms with E-state index in [0.29, 0.717) is 11.8 Å². The standard InChI is InChI=1S/C19H16F3N3O7S2/c1-25(2)34(29,30)18-14(26)9(6-33-18)23-12-13(16(28)15(12)27)24-17(19(20,21)22)8-3-4-10-11(5-8)32-7-31-10/h3-6,17-18,23-24H,7H2,1-2H3/t17-,18?/m0/s1. The molecule has 15 heteroatoms. The number of alkyl halides is 3. The third kappa shape index (κ3) is 4.03. The van der Waals surface area contributed by atoms with Crippen LogP contribution in [0, 0.1) is 0 Å². The van der Waals surface area contributed by atoms with Crippen molar-refractivity contribution in [2.45, 2.75) is 16.8 Å². The first-order chi connectivity index (χ1) is 15.8. The zero-order chi connectivity index (χ0) is 25.0. The summed E-state index contributed by atoms with van der Waals surface area (Å²) >= 11 is 0.651. The Hall–Kier alpha value is -3.04. The summed E-state index contributed by atoms with van der Waals surface area (Å²) in [5.41, 5.74) is -4.24. The lowest BCUT2D eigenvalue weighted by atomic mass is 10.0. The molecule has 10 nitrogen and oxygen atoms in total. The molecule has 2 aromatic carbocycles. The Morgan fingerprint density at radius 1 is 1.09 bits per heavy atom. The van der Waals surface area contributed by atoms with E-state index in [2.05, 4.69) is 5.32 Å². The van der Waals surface area contributed by atoms with Gasteiger partial charge in [-0.1, -0.05) is 6.07 Å². The zero-order valence-electron chi connectivity index (χ0n) is 17.4. The molecular weight excluding hydrogens is 503 g/mol. The molecule has 0 fully saturated rings. The molecule has 0 aromatic heterocycles. The number of sulfonamides is 1. The van der Waals surface area contributed by atoms with E-state index in [1.807, 2.05) is 5.32 Å². The molecule has 2 aromatic rings. The molecule has 0 saturated heterocycles. The fourth-order valence-corrected chi connectivity index (χ4v) is 5.95. The van der Waals surface area contributed by atoms with Crippen LogP contribution in [0.25, 0.3) is 0 Å². The van der Waals surface area contributed by atoms with Crippen LogP contribution in [-0.4, -0.2) is 50.2 Å². The summed E-state index contributed by atoms with van der Waals surface area (Å²) in [6, 6.07) is 1.12. The van der Waals surface area contributed by atoms with Crippen LogP contribution in [0.1, 0.15) is 11.6 Å². The average molecular weight is 519 g/mol. The van der Waals surface area contributed by atoms with Crippen LogP contribution in [0.3, 0.4) is 0 Å². The highest BCUT2D eigenvalue weighted by Crippen LogP contribution is 2.41. The summed E-state index contributed by atoms with van der Waals surface area (Å²) in [5, 5.41) is 5.49. The lowest BCUT2D eigenvalue weighted by molar-refractivity contribution is -0.144. The molecule has 0 radical (unpaired) electrons. The van der Waals surface area contributed by atoms with Gasteiger partial charge in [-0.3, -0.25) is 14.4 Å². The Labute approximate surface area is 194 Å². The van der Waals surface area contributed by atoms with E-state index >= 15 is 0 Å². The molecule has 0 bridgehead atoms. The molecule has 0 spiro atoms. The number of nitrogens with zero attached hydrogens (tertiary/aromatic N) is 1. The number of ether oxygens (including phenoxy) is 2. The molecule has 2 atom stereocenters. The van der Waals surface area contributed by atoms with Gasteiger partial charge < -0.3 is 20.1 Å². The van der Waals surface area contributed by atoms with E-state index in [1.165, 1.54) is 20.2 Å². The fraction of sp³-hybridized carbons (Fsp3) is 0.316. The molecule has 4 rings (SSSR count). The molecule has 0 aliphatic carbocycles. The Kier molecular flexibility index (Phi) is 5.90. The quantitative estimate of drug-likeness (QED) is 0.519. The summed E-state index contributed by atoms with van der Waals surface area (Å²) in [5.74, 6) is -0.558. The third-order valence-electron chi connectivity index (χ3n) is 5.08. The number of benzene rings is 1. The van der Waals surface area contributed by atoms with E-state index in [-0.39, 0.29) is 29.6 Å². The maximum atomic E-state index is 13.8. The number of anilines is 2. The summed E-state index contributed by atoms with van der Waals surface area (Å²) in [4.78, 5) is 36.7. The topological polar surface area (TPSA) is 131 Å². The fourth-order valence-electron chi connectivity index (χ4n) is 3.24. The number of rotatable bonds is 7. The van der Waals surface area contributed by atoms with Gasteiger partial charge in [0.1, 0.15) is 17.4 Å². The number of thioether (sulfide) groups is 1. The predicted molar refractivity (Wildman–Crippen MR) is 117 cm³/mol. The second kappa shape index (κ2) is 8.32. The van der Waals surface area contributed by atoms with Crippen molar-refractivity contribution >= 4 is 38.9 Å². The first-order valence-electron chi connectivity index (χ1n) is 9.46. The molecular formula is C19H16F3N3O7S2. The van der Waals surface area contributed by atoms with E-state index < -0.39 is 54.8 Å². The molecule has 1 unspecified atom stereocenters. The summed E-state index contributed by atoms with van der Waals surface area (Å²) in [6.07, 6.45) is -4.88. The van der Waals surface area contributed by atoms with Gasteiger partial charge in [-0.25, -0.2) is 12.7 Å². The van der Waals surface area contributed by atoms with Crippen molar-refractivity contribution in [2.75, 3.05) is 31.5 Å². The van der Waals surface area contributed by atoms with Gasteiger partial charge in [0.2, 0.25) is 22.6 Å². The highest BCUT2D eigenvalue weighted by molar-refractivity contribution is 8.16. The predicted octanol–water partition coefficient (Wildman–Crippen LogP) is 1.51. The van der Waals surface area contributed by atoms with Crippen LogP contribution < -0.4 is 31.0 Å². The molecule has 0 amide bonds. The van der Waals surface area contributed by atoms with Crippen molar-refractivity contribution in [3.05, 3.63) is 55.3 Å². The Morgan fingerprint density at radius 3 is 2.38 bits per heavy atom. The van der Waals surface area contributed by atoms with Crippen molar-refractivity contribution in [3.8, 4) is 11.5 Å². The molecule has 0 saturated carbocycles. The van der Waals surface area contributed by atoms with Crippen molar-refractivity contribution in [3.63, 3.8) is 0 Å². The first-order valence-corrected chi connectivity index (χ1v) is 11.9. The summed E-state index contributed by atoms with van der Waals surface area (Å²) < 4.78 is 75.6. The number of Topliss-reactive ketones (excluding diaryl/α,β-unsaturated/α-hetero) is 1. The zero-order valence-corrected chi connectivity index (χ0v) is 19.1. The highest BCUT2D eigenvalue weighted by Gasteiger charge is 2.44. The second-order valence-electron chi connectivity index (χ2n) is 7.46. The van der Waals surface area contributed by atoms with Crippen molar-refractivity contribution < 1.29 is 35.9 Å². The smallest absolute Gasteiger partial charge is 0.412 e. The minimum atomic E-state index is -4.88. The summed E-state index contributed by atoms with van der Waals surface area (Å²) in [6.45, 7) is -0.152. The van der Waals surface area contributed by atoms with Gasteiger partial charge >= 0.3 is 6.18 Å².